The highest BCUT2D eigenvalue weighted by Crippen LogP contribution is 2.37. The number of methoxy groups -OCH3 is 2. The maximum atomic E-state index is 13.3. The third-order valence-electron chi connectivity index (χ3n) is 4.76. The molecule has 3 aromatic rings. The summed E-state index contributed by atoms with van der Waals surface area (Å²) in [7, 11) is 3.06. The number of imide groups is 1. The van der Waals surface area contributed by atoms with Gasteiger partial charge in [0.25, 0.3) is 11.8 Å². The molecule has 0 radical (unpaired) electrons. The fourth-order valence-electron chi connectivity index (χ4n) is 3.27. The number of anilines is 2. The highest BCUT2D eigenvalue weighted by atomic mass is 32.1. The second-order valence-electron chi connectivity index (χ2n) is 6.53. The highest BCUT2D eigenvalue weighted by Gasteiger charge is 2.40. The predicted octanol–water partition coefficient (Wildman–Crippen LogP) is 4.03. The van der Waals surface area contributed by atoms with Crippen LogP contribution in [0.4, 0.5) is 11.4 Å². The first-order valence-electron chi connectivity index (χ1n) is 9.23. The van der Waals surface area contributed by atoms with Crippen LogP contribution in [0.25, 0.3) is 5.57 Å². The third-order valence-corrected chi connectivity index (χ3v) is 5.65. The lowest BCUT2D eigenvalue weighted by atomic mass is 10.1. The third kappa shape index (κ3) is 3.63. The Kier molecular flexibility index (Phi) is 5.43. The van der Waals surface area contributed by atoms with Crippen molar-refractivity contribution in [1.82, 2.24) is 0 Å². The number of nitrogens with zero attached hydrogens (tertiary/aromatic N) is 2. The number of hydrogen-bond acceptors (Lipinski definition) is 7. The second-order valence-corrected chi connectivity index (χ2v) is 7.47. The fourth-order valence-corrected chi connectivity index (χ4v) is 4.04. The van der Waals surface area contributed by atoms with Gasteiger partial charge in [0.15, 0.2) is 11.5 Å². The van der Waals surface area contributed by atoms with E-state index in [2.05, 4.69) is 5.32 Å². The number of amides is 2. The molecule has 0 bridgehead atoms. The molecule has 31 heavy (non-hydrogen) atoms. The van der Waals surface area contributed by atoms with E-state index in [4.69, 9.17) is 14.7 Å². The van der Waals surface area contributed by atoms with Gasteiger partial charge in [-0.05, 0) is 47.8 Å². The van der Waals surface area contributed by atoms with Crippen molar-refractivity contribution in [1.29, 1.82) is 5.26 Å². The van der Waals surface area contributed by atoms with E-state index in [1.165, 1.54) is 25.6 Å². The molecule has 0 saturated heterocycles. The normalized spacial score (nSPS) is 13.4. The van der Waals surface area contributed by atoms with E-state index >= 15 is 0 Å². The summed E-state index contributed by atoms with van der Waals surface area (Å²) in [6.07, 6.45) is 0. The molecule has 2 aromatic carbocycles. The molecule has 0 spiro atoms. The van der Waals surface area contributed by atoms with Crippen molar-refractivity contribution in [3.8, 4) is 17.6 Å². The minimum absolute atomic E-state index is 0.170. The lowest BCUT2D eigenvalue weighted by Gasteiger charge is -2.15. The first kappa shape index (κ1) is 20.2. The number of hydrogen-bond donors (Lipinski definition) is 1. The van der Waals surface area contributed by atoms with Crippen molar-refractivity contribution in [2.75, 3.05) is 24.4 Å². The van der Waals surface area contributed by atoms with E-state index in [-0.39, 0.29) is 5.70 Å². The van der Waals surface area contributed by atoms with Gasteiger partial charge in [0, 0.05) is 16.6 Å². The van der Waals surface area contributed by atoms with Gasteiger partial charge in [0.2, 0.25) is 0 Å². The topological polar surface area (TPSA) is 91.7 Å². The minimum atomic E-state index is -0.479. The number of carbonyl (C=O) groups is 2. The molecule has 0 fully saturated rings. The standard InChI is InChI=1S/C23H17N3O4S/c1-29-17-10-7-15(12-18(17)30-2)25-21-20(19-4-3-11-31-19)22(27)26(23(21)28)16-8-5-14(13-24)6-9-16/h3-12,25H,1-2H3. The summed E-state index contributed by atoms with van der Waals surface area (Å²) in [4.78, 5) is 28.4. The number of rotatable bonds is 6. The van der Waals surface area contributed by atoms with Crippen molar-refractivity contribution >= 4 is 40.1 Å². The molecule has 154 valence electrons. The maximum absolute atomic E-state index is 13.3. The van der Waals surface area contributed by atoms with E-state index < -0.39 is 11.8 Å². The number of benzene rings is 2. The average Bonchev–Trinajstić information content (AvgIpc) is 3.40. The van der Waals surface area contributed by atoms with Crippen LogP contribution >= 0.6 is 11.3 Å². The molecule has 2 amide bonds. The summed E-state index contributed by atoms with van der Waals surface area (Å²) < 4.78 is 10.6. The molecule has 4 rings (SSSR count). The largest absolute Gasteiger partial charge is 0.493 e. The van der Waals surface area contributed by atoms with Crippen LogP contribution in [0.5, 0.6) is 11.5 Å². The SMILES string of the molecule is COc1ccc(NC2=C(c3cccs3)C(=O)N(c3ccc(C#N)cc3)C2=O)cc1OC. The van der Waals surface area contributed by atoms with Crippen LogP contribution in [0.2, 0.25) is 0 Å². The molecule has 2 heterocycles. The van der Waals surface area contributed by atoms with Crippen LogP contribution in [0.3, 0.4) is 0 Å². The van der Waals surface area contributed by atoms with Crippen LogP contribution in [0.15, 0.2) is 65.7 Å². The highest BCUT2D eigenvalue weighted by molar-refractivity contribution is 7.11. The average molecular weight is 431 g/mol. The summed E-state index contributed by atoms with van der Waals surface area (Å²) in [5, 5.41) is 14.0. The Morgan fingerprint density at radius 2 is 1.71 bits per heavy atom. The van der Waals surface area contributed by atoms with Crippen LogP contribution < -0.4 is 19.7 Å². The Morgan fingerprint density at radius 1 is 0.968 bits per heavy atom. The molecule has 8 heteroatoms. The number of nitrogens with one attached hydrogen (secondary N) is 1. The lowest BCUT2D eigenvalue weighted by molar-refractivity contribution is -0.120. The van der Waals surface area contributed by atoms with E-state index in [0.29, 0.717) is 38.9 Å². The summed E-state index contributed by atoms with van der Waals surface area (Å²) >= 11 is 1.37. The number of carbonyl (C=O) groups excluding carboxylic acids is 2. The van der Waals surface area contributed by atoms with Gasteiger partial charge in [-0.1, -0.05) is 6.07 Å². The quantitative estimate of drug-likeness (QED) is 0.593. The summed E-state index contributed by atoms with van der Waals surface area (Å²) in [6, 6.07) is 17.1. The maximum Gasteiger partial charge on any atom is 0.282 e. The molecule has 0 unspecified atom stereocenters. The van der Waals surface area contributed by atoms with E-state index in [0.717, 1.165) is 4.90 Å². The van der Waals surface area contributed by atoms with E-state index in [9.17, 15) is 9.59 Å². The Hall–Kier alpha value is -4.09. The number of nitriles is 1. The molecule has 1 aliphatic heterocycles. The van der Waals surface area contributed by atoms with Crippen molar-refractivity contribution in [2.24, 2.45) is 0 Å². The Morgan fingerprint density at radius 3 is 2.32 bits per heavy atom. The fraction of sp³-hybridized carbons (Fsp3) is 0.0870. The van der Waals surface area contributed by atoms with Crippen molar-refractivity contribution < 1.29 is 19.1 Å². The summed E-state index contributed by atoms with van der Waals surface area (Å²) in [5.74, 6) is 0.132. The van der Waals surface area contributed by atoms with Gasteiger partial charge in [-0.25, -0.2) is 4.90 Å². The molecule has 1 N–H and O–H groups in total. The molecular formula is C23H17N3O4S. The van der Waals surface area contributed by atoms with E-state index in [1.807, 2.05) is 17.5 Å². The molecule has 1 aliphatic rings. The molecular weight excluding hydrogens is 414 g/mol. The van der Waals surface area contributed by atoms with Crippen molar-refractivity contribution in [2.45, 2.75) is 0 Å². The van der Waals surface area contributed by atoms with Gasteiger partial charge in [0.1, 0.15) is 5.70 Å². The van der Waals surface area contributed by atoms with Crippen LogP contribution in [-0.2, 0) is 9.59 Å². The molecule has 0 aliphatic carbocycles. The Balaban J connectivity index is 1.76. The van der Waals surface area contributed by atoms with Crippen molar-refractivity contribution in [3.05, 3.63) is 76.1 Å². The van der Waals surface area contributed by atoms with E-state index in [1.54, 1.807) is 48.5 Å². The minimum Gasteiger partial charge on any atom is -0.493 e. The van der Waals surface area contributed by atoms with Gasteiger partial charge < -0.3 is 14.8 Å². The van der Waals surface area contributed by atoms with Crippen LogP contribution in [0.1, 0.15) is 10.4 Å². The summed E-state index contributed by atoms with van der Waals surface area (Å²) in [6.45, 7) is 0. The molecule has 0 atom stereocenters. The first-order chi connectivity index (χ1) is 15.1. The lowest BCUT2D eigenvalue weighted by Crippen LogP contribution is -2.32. The van der Waals surface area contributed by atoms with Crippen molar-refractivity contribution in [3.63, 3.8) is 0 Å². The zero-order valence-electron chi connectivity index (χ0n) is 16.7. The first-order valence-corrected chi connectivity index (χ1v) is 10.1. The molecule has 1 aromatic heterocycles. The van der Waals surface area contributed by atoms with Gasteiger partial charge in [0.05, 0.1) is 37.1 Å². The summed E-state index contributed by atoms with van der Waals surface area (Å²) in [5.41, 5.74) is 1.87. The number of thiophene rings is 1. The van der Waals surface area contributed by atoms with Gasteiger partial charge in [-0.2, -0.15) is 5.26 Å². The molecule has 0 saturated carbocycles. The smallest absolute Gasteiger partial charge is 0.282 e. The Bertz CT molecular complexity index is 1220. The van der Waals surface area contributed by atoms with Gasteiger partial charge in [-0.3, -0.25) is 9.59 Å². The zero-order chi connectivity index (χ0) is 22.0. The number of ether oxygens (including phenoxy) is 2. The zero-order valence-corrected chi connectivity index (χ0v) is 17.5. The molecule has 7 nitrogen and oxygen atoms in total. The van der Waals surface area contributed by atoms with Gasteiger partial charge in [-0.15, -0.1) is 11.3 Å². The predicted molar refractivity (Wildman–Crippen MR) is 118 cm³/mol. The van der Waals surface area contributed by atoms with Crippen LogP contribution in [0, 0.1) is 11.3 Å². The second kappa shape index (κ2) is 8.34. The van der Waals surface area contributed by atoms with Crippen LogP contribution in [-0.4, -0.2) is 26.0 Å². The van der Waals surface area contributed by atoms with Gasteiger partial charge >= 0.3 is 0 Å². The Labute approximate surface area is 182 Å². The monoisotopic (exact) mass is 431 g/mol.